The van der Waals surface area contributed by atoms with Gasteiger partial charge in [-0.15, -0.1) is 0 Å². The number of nitrogens with zero attached hydrogens (tertiary/aromatic N) is 4. The van der Waals surface area contributed by atoms with Gasteiger partial charge in [0.05, 0.1) is 29.2 Å². The number of hydrogen-bond donors (Lipinski definition) is 1. The molecule has 0 amide bonds. The average molecular weight is 486 g/mol. The van der Waals surface area contributed by atoms with Crippen LogP contribution in [0.1, 0.15) is 34.2 Å². The van der Waals surface area contributed by atoms with E-state index in [9.17, 15) is 15.4 Å². The largest absolute Gasteiger partial charge is 0.380 e. The third-order valence-electron chi connectivity index (χ3n) is 7.75. The lowest BCUT2D eigenvalue weighted by Gasteiger charge is -2.53. The molecular weight excluding hydrogens is 454 g/mol. The predicted molar refractivity (Wildman–Crippen MR) is 138 cm³/mol. The Morgan fingerprint density at radius 2 is 2.11 bits per heavy atom. The third-order valence-corrected chi connectivity index (χ3v) is 7.75. The highest BCUT2D eigenvalue weighted by Crippen LogP contribution is 2.38. The number of pyridine rings is 1. The van der Waals surface area contributed by atoms with Gasteiger partial charge in [-0.05, 0) is 56.5 Å². The average Bonchev–Trinajstić information content (AvgIpc) is 2.85. The summed E-state index contributed by atoms with van der Waals surface area (Å²) in [6.45, 7) is 8.63. The molecule has 36 heavy (non-hydrogen) atoms. The van der Waals surface area contributed by atoms with Gasteiger partial charge in [0.15, 0.2) is 0 Å². The second-order valence-corrected chi connectivity index (χ2v) is 10.3. The van der Waals surface area contributed by atoms with Gasteiger partial charge in [-0.2, -0.15) is 5.26 Å². The minimum Gasteiger partial charge on any atom is -0.380 e. The number of ether oxygens (including phenoxy) is 1. The van der Waals surface area contributed by atoms with Crippen LogP contribution in [-0.2, 0) is 17.7 Å². The van der Waals surface area contributed by atoms with Gasteiger partial charge in [0.1, 0.15) is 6.07 Å². The third kappa shape index (κ3) is 4.70. The summed E-state index contributed by atoms with van der Waals surface area (Å²) in [7, 11) is 0. The molecule has 0 radical (unpaired) electrons. The molecule has 2 aromatic carbocycles. The van der Waals surface area contributed by atoms with Gasteiger partial charge in [0, 0.05) is 54.3 Å². The summed E-state index contributed by atoms with van der Waals surface area (Å²) in [4.78, 5) is 18.0. The molecular formula is C28H31N5O3. The van der Waals surface area contributed by atoms with Crippen molar-refractivity contribution in [2.24, 2.45) is 5.41 Å². The molecule has 2 aliphatic heterocycles. The Morgan fingerprint density at radius 1 is 1.28 bits per heavy atom. The van der Waals surface area contributed by atoms with E-state index in [1.54, 1.807) is 19.2 Å². The topological polar surface area (TPSA) is 104 Å². The molecule has 1 atom stereocenters. The van der Waals surface area contributed by atoms with Gasteiger partial charge >= 0.3 is 0 Å². The van der Waals surface area contributed by atoms with Crippen LogP contribution in [0.3, 0.4) is 0 Å². The molecule has 3 heterocycles. The molecule has 2 fully saturated rings. The molecule has 5 rings (SSSR count). The standard InChI is InChI=1S/C28H31N5O3/c1-19-3-6-25-24(11-19)23(22(13-29)15-30-25)7-9-32-10-8-27(28(16-32)17-36-18-28)31-14-21-5-4-20(2)26(12-21)33(34)35/h3-6,11-12,15,27,31H,7-10,14,16-18H2,1-2H3. The van der Waals surface area contributed by atoms with Crippen LogP contribution in [-0.4, -0.2) is 53.7 Å². The first-order valence-corrected chi connectivity index (χ1v) is 12.4. The Morgan fingerprint density at radius 3 is 2.83 bits per heavy atom. The SMILES string of the molecule is Cc1ccc2ncc(C#N)c(CCN3CCC(NCc4ccc(C)c([N+](=O)[O-])c4)C4(COC4)C3)c2c1. The van der Waals surface area contributed by atoms with Crippen LogP contribution in [0.25, 0.3) is 10.9 Å². The van der Waals surface area contributed by atoms with Gasteiger partial charge < -0.3 is 15.0 Å². The van der Waals surface area contributed by atoms with E-state index in [1.807, 2.05) is 18.2 Å². The number of aryl methyl sites for hydroxylation is 2. The summed E-state index contributed by atoms with van der Waals surface area (Å²) < 4.78 is 5.68. The molecule has 186 valence electrons. The van der Waals surface area contributed by atoms with Crippen LogP contribution >= 0.6 is 0 Å². The number of hydrogen-bond acceptors (Lipinski definition) is 7. The fourth-order valence-corrected chi connectivity index (χ4v) is 5.62. The molecule has 1 N–H and O–H groups in total. The monoisotopic (exact) mass is 485 g/mol. The lowest BCUT2D eigenvalue weighted by atomic mass is 9.73. The molecule has 2 aliphatic rings. The van der Waals surface area contributed by atoms with Crippen LogP contribution in [0.15, 0.2) is 42.6 Å². The van der Waals surface area contributed by atoms with E-state index in [0.29, 0.717) is 23.7 Å². The normalized spacial score (nSPS) is 19.2. The Labute approximate surface area is 211 Å². The molecule has 8 heteroatoms. The van der Waals surface area contributed by atoms with Crippen molar-refractivity contribution in [3.05, 3.63) is 80.5 Å². The number of likely N-dealkylation sites (tertiary alicyclic amines) is 1. The number of nitro benzene ring substituents is 1. The highest BCUT2D eigenvalue weighted by atomic mass is 16.6. The summed E-state index contributed by atoms with van der Waals surface area (Å²) in [5.74, 6) is 0. The number of piperidine rings is 1. The van der Waals surface area contributed by atoms with Gasteiger partial charge in [-0.25, -0.2) is 0 Å². The zero-order valence-corrected chi connectivity index (χ0v) is 20.8. The number of nitro groups is 1. The highest BCUT2D eigenvalue weighted by molar-refractivity contribution is 5.84. The Hall–Kier alpha value is -3.38. The minimum absolute atomic E-state index is 0.0455. The van der Waals surface area contributed by atoms with E-state index in [0.717, 1.165) is 73.3 Å². The number of benzene rings is 2. The minimum atomic E-state index is -0.316. The van der Waals surface area contributed by atoms with Gasteiger partial charge in [-0.3, -0.25) is 15.1 Å². The maximum atomic E-state index is 11.3. The van der Waals surface area contributed by atoms with Gasteiger partial charge in [0.2, 0.25) is 0 Å². The molecule has 3 aromatic rings. The first kappa shape index (κ1) is 24.3. The smallest absolute Gasteiger partial charge is 0.272 e. The molecule has 0 aliphatic carbocycles. The lowest BCUT2D eigenvalue weighted by Crippen LogP contribution is -2.65. The van der Waals surface area contributed by atoms with Crippen molar-refractivity contribution >= 4 is 16.6 Å². The number of nitrogens with one attached hydrogen (secondary N) is 1. The van der Waals surface area contributed by atoms with E-state index >= 15 is 0 Å². The molecule has 2 saturated heterocycles. The van der Waals surface area contributed by atoms with Crippen molar-refractivity contribution in [1.29, 1.82) is 5.26 Å². The predicted octanol–water partition coefficient (Wildman–Crippen LogP) is 4.05. The maximum absolute atomic E-state index is 11.3. The lowest BCUT2D eigenvalue weighted by molar-refractivity contribution is -0.385. The van der Waals surface area contributed by atoms with Crippen molar-refractivity contribution in [1.82, 2.24) is 15.2 Å². The van der Waals surface area contributed by atoms with Gasteiger partial charge in [-0.1, -0.05) is 23.8 Å². The van der Waals surface area contributed by atoms with E-state index < -0.39 is 0 Å². The zero-order chi connectivity index (χ0) is 25.3. The van der Waals surface area contributed by atoms with E-state index in [-0.39, 0.29) is 16.0 Å². The van der Waals surface area contributed by atoms with Crippen LogP contribution in [0.4, 0.5) is 5.69 Å². The summed E-state index contributed by atoms with van der Waals surface area (Å²) >= 11 is 0. The van der Waals surface area contributed by atoms with E-state index in [2.05, 4.69) is 40.3 Å². The number of nitriles is 1. The van der Waals surface area contributed by atoms with Crippen molar-refractivity contribution in [2.45, 2.75) is 39.3 Å². The molecule has 1 spiro atoms. The Kier molecular flexibility index (Phi) is 6.71. The second kappa shape index (κ2) is 9.94. The second-order valence-electron chi connectivity index (χ2n) is 10.3. The van der Waals surface area contributed by atoms with Crippen molar-refractivity contribution in [2.75, 3.05) is 32.8 Å². The number of aromatic nitrogens is 1. The van der Waals surface area contributed by atoms with Gasteiger partial charge in [0.25, 0.3) is 5.69 Å². The molecule has 0 saturated carbocycles. The Bertz CT molecular complexity index is 1340. The summed E-state index contributed by atoms with van der Waals surface area (Å²) in [6.07, 6.45) is 3.48. The zero-order valence-electron chi connectivity index (χ0n) is 20.8. The van der Waals surface area contributed by atoms with Crippen molar-refractivity contribution in [3.8, 4) is 6.07 Å². The van der Waals surface area contributed by atoms with E-state index in [4.69, 9.17) is 4.74 Å². The summed E-state index contributed by atoms with van der Waals surface area (Å²) in [6, 6.07) is 14.3. The summed E-state index contributed by atoms with van der Waals surface area (Å²) in [5, 5.41) is 25.8. The first-order valence-electron chi connectivity index (χ1n) is 12.4. The maximum Gasteiger partial charge on any atom is 0.272 e. The molecule has 1 unspecified atom stereocenters. The first-order chi connectivity index (χ1) is 17.4. The van der Waals surface area contributed by atoms with Crippen LogP contribution in [0.2, 0.25) is 0 Å². The van der Waals surface area contributed by atoms with E-state index in [1.165, 1.54) is 0 Å². The summed E-state index contributed by atoms with van der Waals surface area (Å²) in [5.41, 5.74) is 5.64. The highest BCUT2D eigenvalue weighted by Gasteiger charge is 2.48. The number of fused-ring (bicyclic) bond motifs is 1. The fourth-order valence-electron chi connectivity index (χ4n) is 5.62. The molecule has 0 bridgehead atoms. The molecule has 1 aromatic heterocycles. The fraction of sp³-hybridized carbons (Fsp3) is 0.429. The van der Waals surface area contributed by atoms with Crippen LogP contribution in [0.5, 0.6) is 0 Å². The Balaban J connectivity index is 1.26. The van der Waals surface area contributed by atoms with Crippen molar-refractivity contribution in [3.63, 3.8) is 0 Å². The van der Waals surface area contributed by atoms with Crippen molar-refractivity contribution < 1.29 is 9.66 Å². The van der Waals surface area contributed by atoms with Crippen LogP contribution < -0.4 is 5.32 Å². The molecule has 8 nitrogen and oxygen atoms in total. The van der Waals surface area contributed by atoms with Crippen LogP contribution in [0, 0.1) is 40.7 Å². The quantitative estimate of drug-likeness (QED) is 0.398. The number of rotatable bonds is 7.